The van der Waals surface area contributed by atoms with Gasteiger partial charge in [0.15, 0.2) is 0 Å². The Morgan fingerprint density at radius 1 is 1.20 bits per heavy atom. The fourth-order valence-electron chi connectivity index (χ4n) is 3.88. The normalized spacial score (nSPS) is 22.5. The maximum atomic E-state index is 11.2. The number of halogens is 1. The van der Waals surface area contributed by atoms with Gasteiger partial charge in [0.05, 0.1) is 10.3 Å². The van der Waals surface area contributed by atoms with E-state index < -0.39 is 11.1 Å². The monoisotopic (exact) mass is 400 g/mol. The lowest BCUT2D eigenvalue weighted by atomic mass is 9.76. The highest BCUT2D eigenvalue weighted by molar-refractivity contribution is 9.10. The first-order valence-corrected chi connectivity index (χ1v) is 8.76. The molecule has 0 N–H and O–H groups in total. The highest BCUT2D eigenvalue weighted by atomic mass is 79.9. The van der Waals surface area contributed by atoms with E-state index in [4.69, 9.17) is 4.74 Å². The van der Waals surface area contributed by atoms with Crippen molar-refractivity contribution >= 4 is 33.4 Å². The summed E-state index contributed by atoms with van der Waals surface area (Å²) in [6, 6.07) is 10.9. The number of non-ortho nitro benzene ring substituents is 1. The summed E-state index contributed by atoms with van der Waals surface area (Å²) < 4.78 is 7.49. The van der Waals surface area contributed by atoms with Gasteiger partial charge < -0.3 is 9.64 Å². The predicted octanol–water partition coefficient (Wildman–Crippen LogP) is 4.89. The predicted molar refractivity (Wildman–Crippen MR) is 101 cm³/mol. The van der Waals surface area contributed by atoms with Gasteiger partial charge in [0.1, 0.15) is 5.75 Å². The molecule has 2 aromatic carbocycles. The van der Waals surface area contributed by atoms with Gasteiger partial charge in [0.2, 0.25) is 5.72 Å². The number of rotatable bonds is 1. The van der Waals surface area contributed by atoms with Crippen LogP contribution in [0.25, 0.3) is 6.08 Å². The molecule has 2 heterocycles. The highest BCUT2D eigenvalue weighted by Gasteiger charge is 2.58. The minimum absolute atomic E-state index is 0.0985. The first-order valence-electron chi connectivity index (χ1n) is 7.97. The fraction of sp³-hybridized carbons (Fsp3) is 0.263. The number of fused-ring (bicyclic) bond motifs is 2. The van der Waals surface area contributed by atoms with Gasteiger partial charge >= 0.3 is 0 Å². The second kappa shape index (κ2) is 5.08. The summed E-state index contributed by atoms with van der Waals surface area (Å²) in [6.45, 7) is 4.13. The lowest BCUT2D eigenvalue weighted by molar-refractivity contribution is -0.384. The molecular formula is C19H17BrN2O3. The second-order valence-corrected chi connectivity index (χ2v) is 7.87. The van der Waals surface area contributed by atoms with Crippen molar-refractivity contribution in [2.45, 2.75) is 25.0 Å². The largest absolute Gasteiger partial charge is 0.463 e. The third kappa shape index (κ3) is 2.07. The van der Waals surface area contributed by atoms with Crippen molar-refractivity contribution in [2.75, 3.05) is 11.9 Å². The molecule has 0 unspecified atom stereocenters. The van der Waals surface area contributed by atoms with Gasteiger partial charge in [-0.2, -0.15) is 0 Å². The molecule has 2 aliphatic heterocycles. The van der Waals surface area contributed by atoms with Crippen molar-refractivity contribution in [3.8, 4) is 5.75 Å². The van der Waals surface area contributed by atoms with E-state index in [1.54, 1.807) is 18.2 Å². The number of ether oxygens (including phenoxy) is 1. The van der Waals surface area contributed by atoms with Crippen LogP contribution in [0.15, 0.2) is 46.9 Å². The van der Waals surface area contributed by atoms with Crippen LogP contribution in [0.5, 0.6) is 5.75 Å². The Balaban J connectivity index is 1.87. The molecule has 0 amide bonds. The molecule has 0 fully saturated rings. The summed E-state index contributed by atoms with van der Waals surface area (Å²) in [4.78, 5) is 12.9. The summed E-state index contributed by atoms with van der Waals surface area (Å²) >= 11 is 3.48. The van der Waals surface area contributed by atoms with E-state index in [0.29, 0.717) is 0 Å². The van der Waals surface area contributed by atoms with E-state index in [1.165, 1.54) is 0 Å². The topological polar surface area (TPSA) is 55.6 Å². The van der Waals surface area contributed by atoms with Crippen LogP contribution in [-0.4, -0.2) is 17.7 Å². The van der Waals surface area contributed by atoms with E-state index in [9.17, 15) is 10.1 Å². The summed E-state index contributed by atoms with van der Waals surface area (Å²) in [7, 11) is 1.97. The summed E-state index contributed by atoms with van der Waals surface area (Å²) in [6.07, 6.45) is 4.11. The van der Waals surface area contributed by atoms with Gasteiger partial charge in [0, 0.05) is 34.9 Å². The van der Waals surface area contributed by atoms with Crippen LogP contribution in [0.4, 0.5) is 11.4 Å². The molecule has 5 nitrogen and oxygen atoms in total. The molecule has 0 bridgehead atoms. The van der Waals surface area contributed by atoms with E-state index in [0.717, 1.165) is 27.0 Å². The van der Waals surface area contributed by atoms with E-state index in [-0.39, 0.29) is 10.6 Å². The van der Waals surface area contributed by atoms with E-state index in [1.807, 2.05) is 31.3 Å². The zero-order valence-corrected chi connectivity index (χ0v) is 15.7. The van der Waals surface area contributed by atoms with E-state index >= 15 is 0 Å². The second-order valence-electron chi connectivity index (χ2n) is 6.96. The van der Waals surface area contributed by atoms with Gasteiger partial charge in [-0.3, -0.25) is 10.1 Å². The van der Waals surface area contributed by atoms with Crippen LogP contribution in [0.1, 0.15) is 25.0 Å². The first-order chi connectivity index (χ1) is 11.8. The minimum atomic E-state index is -0.731. The van der Waals surface area contributed by atoms with Crippen LogP contribution < -0.4 is 9.64 Å². The lowest BCUT2D eigenvalue weighted by Crippen LogP contribution is -2.58. The highest BCUT2D eigenvalue weighted by Crippen LogP contribution is 2.54. The van der Waals surface area contributed by atoms with Gasteiger partial charge in [0.25, 0.3) is 5.69 Å². The molecule has 25 heavy (non-hydrogen) atoms. The SMILES string of the molecule is CN1c2ccc([N+](=O)[O-])cc2C(C)(C)[C@@]12C=Cc1cc(Br)ccc1O2. The number of likely N-dealkylation sites (N-methyl/N-ethyl adjacent to an activating group) is 1. The maximum absolute atomic E-state index is 11.2. The Labute approximate surface area is 154 Å². The van der Waals surface area contributed by atoms with Crippen LogP contribution in [-0.2, 0) is 5.41 Å². The Morgan fingerprint density at radius 3 is 2.68 bits per heavy atom. The van der Waals surface area contributed by atoms with Crippen molar-refractivity contribution in [2.24, 2.45) is 0 Å². The molecule has 6 heteroatoms. The number of hydrogen-bond acceptors (Lipinski definition) is 4. The molecule has 0 aromatic heterocycles. The van der Waals surface area contributed by atoms with Gasteiger partial charge in [-0.05, 0) is 55.8 Å². The summed E-state index contributed by atoms with van der Waals surface area (Å²) in [5, 5.41) is 11.2. The number of nitro groups is 1. The number of nitrogens with zero attached hydrogens (tertiary/aromatic N) is 2. The molecule has 0 aliphatic carbocycles. The van der Waals surface area contributed by atoms with Gasteiger partial charge in [-0.1, -0.05) is 15.9 Å². The number of hydrogen-bond donors (Lipinski definition) is 0. The fourth-order valence-corrected chi connectivity index (χ4v) is 4.26. The Hall–Kier alpha value is -2.34. The standard InChI is InChI=1S/C19H17BrN2O3/c1-18(2)15-11-14(22(23)24)5-6-16(15)21(3)19(18)9-8-12-10-13(20)4-7-17(12)25-19/h4-11H,1-3H3/t19-/m0/s1. The van der Waals surface area contributed by atoms with Crippen molar-refractivity contribution in [3.63, 3.8) is 0 Å². The molecule has 4 rings (SSSR count). The average molecular weight is 401 g/mol. The van der Waals surface area contributed by atoms with Crippen molar-refractivity contribution in [3.05, 3.63) is 68.2 Å². The zero-order chi connectivity index (χ0) is 18.0. The van der Waals surface area contributed by atoms with Crippen molar-refractivity contribution in [1.29, 1.82) is 0 Å². The third-order valence-electron chi connectivity index (χ3n) is 5.35. The van der Waals surface area contributed by atoms with Crippen molar-refractivity contribution in [1.82, 2.24) is 0 Å². The average Bonchev–Trinajstić information content (AvgIpc) is 2.74. The van der Waals surface area contributed by atoms with Crippen molar-refractivity contribution < 1.29 is 9.66 Å². The Kier molecular flexibility index (Phi) is 3.28. The number of benzene rings is 2. The number of nitro benzene ring substituents is 1. The molecule has 2 aromatic rings. The Bertz CT molecular complexity index is 938. The molecule has 1 spiro atoms. The molecule has 0 saturated carbocycles. The van der Waals surface area contributed by atoms with Crippen LogP contribution in [0.2, 0.25) is 0 Å². The molecule has 1 atom stereocenters. The molecule has 0 saturated heterocycles. The van der Waals surface area contributed by atoms with Crippen LogP contribution in [0, 0.1) is 10.1 Å². The van der Waals surface area contributed by atoms with E-state index in [2.05, 4.69) is 40.8 Å². The zero-order valence-electron chi connectivity index (χ0n) is 14.1. The summed E-state index contributed by atoms with van der Waals surface area (Å²) in [5.41, 5.74) is 1.76. The molecule has 2 aliphatic rings. The smallest absolute Gasteiger partial charge is 0.269 e. The third-order valence-corrected chi connectivity index (χ3v) is 5.84. The molecular weight excluding hydrogens is 384 g/mol. The maximum Gasteiger partial charge on any atom is 0.269 e. The van der Waals surface area contributed by atoms with Gasteiger partial charge in [-0.25, -0.2) is 0 Å². The summed E-state index contributed by atoms with van der Waals surface area (Å²) in [5.74, 6) is 0.799. The lowest BCUT2D eigenvalue weighted by Gasteiger charge is -2.45. The number of anilines is 1. The molecule has 0 radical (unpaired) electrons. The van der Waals surface area contributed by atoms with Crippen LogP contribution >= 0.6 is 15.9 Å². The quantitative estimate of drug-likeness (QED) is 0.505. The van der Waals surface area contributed by atoms with Crippen LogP contribution in [0.3, 0.4) is 0 Å². The Morgan fingerprint density at radius 2 is 1.96 bits per heavy atom. The first kappa shape index (κ1) is 16.1. The van der Waals surface area contributed by atoms with Gasteiger partial charge in [-0.15, -0.1) is 0 Å². The minimum Gasteiger partial charge on any atom is -0.463 e. The molecule has 128 valence electrons.